The number of aromatic hydroxyl groups is 1. The summed E-state index contributed by atoms with van der Waals surface area (Å²) in [6, 6.07) is 3.49. The van der Waals surface area contributed by atoms with Crippen LogP contribution in [0.15, 0.2) is 24.5 Å². The van der Waals surface area contributed by atoms with Crippen LogP contribution in [-0.4, -0.2) is 21.0 Å². The quantitative estimate of drug-likeness (QED) is 0.766. The zero-order valence-electron chi connectivity index (χ0n) is 8.35. The molecule has 0 unspecified atom stereocenters. The van der Waals surface area contributed by atoms with E-state index in [9.17, 15) is 5.11 Å². The molecule has 0 bridgehead atoms. The summed E-state index contributed by atoms with van der Waals surface area (Å²) >= 11 is 0. The smallest absolute Gasteiger partial charge is 0.141 e. The second-order valence-electron chi connectivity index (χ2n) is 4.21. The Bertz CT molecular complexity index is 514. The van der Waals surface area contributed by atoms with E-state index in [1.165, 1.54) is 0 Å². The van der Waals surface area contributed by atoms with Gasteiger partial charge < -0.3 is 10.8 Å². The molecule has 0 amide bonds. The van der Waals surface area contributed by atoms with E-state index in [0.29, 0.717) is 6.54 Å². The molecule has 3 rings (SSSR count). The zero-order valence-corrected chi connectivity index (χ0v) is 8.35. The van der Waals surface area contributed by atoms with E-state index < -0.39 is 0 Å². The Hall–Kier alpha value is -1.55. The highest BCUT2D eigenvalue weighted by Crippen LogP contribution is 2.46. The molecule has 2 aromatic heterocycles. The minimum atomic E-state index is 0.0558. The Morgan fingerprint density at radius 1 is 1.53 bits per heavy atom. The van der Waals surface area contributed by atoms with Gasteiger partial charge in [-0.2, -0.15) is 0 Å². The van der Waals surface area contributed by atoms with E-state index in [4.69, 9.17) is 5.73 Å². The molecule has 2 aromatic rings. The minimum absolute atomic E-state index is 0.0558. The van der Waals surface area contributed by atoms with Crippen LogP contribution in [0.4, 0.5) is 0 Å². The lowest BCUT2D eigenvalue weighted by atomic mass is 10.1. The maximum atomic E-state index is 9.65. The second kappa shape index (κ2) is 2.73. The van der Waals surface area contributed by atoms with Crippen molar-refractivity contribution in [3.63, 3.8) is 0 Å². The van der Waals surface area contributed by atoms with Crippen LogP contribution in [-0.2, 0) is 5.41 Å². The van der Waals surface area contributed by atoms with Crippen LogP contribution in [0.3, 0.4) is 0 Å². The molecule has 1 aliphatic carbocycles. The highest BCUT2D eigenvalue weighted by molar-refractivity contribution is 5.59. The topological polar surface area (TPSA) is 63.5 Å². The molecule has 2 heterocycles. The summed E-state index contributed by atoms with van der Waals surface area (Å²) in [7, 11) is 0. The van der Waals surface area contributed by atoms with Crippen LogP contribution >= 0.6 is 0 Å². The largest absolute Gasteiger partial charge is 0.506 e. The standard InChI is InChI=1S/C11H13N3O/c12-7-11(3-4-11)10-13-6-8-9(15)2-1-5-14(8)10/h1-2,5-6,15H,3-4,7,12H2. The average Bonchev–Trinajstić information content (AvgIpc) is 2.92. The lowest BCUT2D eigenvalue weighted by Crippen LogP contribution is -2.22. The molecule has 0 radical (unpaired) electrons. The van der Waals surface area contributed by atoms with Crippen molar-refractivity contribution in [2.45, 2.75) is 18.3 Å². The van der Waals surface area contributed by atoms with Crippen molar-refractivity contribution in [1.82, 2.24) is 9.38 Å². The third kappa shape index (κ3) is 1.08. The second-order valence-corrected chi connectivity index (χ2v) is 4.21. The molecule has 78 valence electrons. The van der Waals surface area contributed by atoms with Crippen LogP contribution < -0.4 is 5.73 Å². The first-order valence-electron chi connectivity index (χ1n) is 5.12. The van der Waals surface area contributed by atoms with Crippen molar-refractivity contribution in [2.75, 3.05) is 6.54 Å². The van der Waals surface area contributed by atoms with Crippen LogP contribution in [0.1, 0.15) is 18.7 Å². The maximum Gasteiger partial charge on any atom is 0.141 e. The number of fused-ring (bicyclic) bond motifs is 1. The normalized spacial score (nSPS) is 18.2. The summed E-state index contributed by atoms with van der Waals surface area (Å²) < 4.78 is 1.94. The van der Waals surface area contributed by atoms with Gasteiger partial charge >= 0.3 is 0 Å². The van der Waals surface area contributed by atoms with E-state index >= 15 is 0 Å². The Balaban J connectivity index is 2.25. The third-order valence-electron chi connectivity index (χ3n) is 3.27. The minimum Gasteiger partial charge on any atom is -0.506 e. The Labute approximate surface area is 87.4 Å². The molecule has 1 aliphatic rings. The molecule has 0 atom stereocenters. The maximum absolute atomic E-state index is 9.65. The molecule has 0 aromatic carbocycles. The third-order valence-corrected chi connectivity index (χ3v) is 3.27. The number of nitrogens with two attached hydrogens (primary N) is 1. The molecule has 1 saturated carbocycles. The first-order valence-corrected chi connectivity index (χ1v) is 5.12. The van der Waals surface area contributed by atoms with Gasteiger partial charge in [0.2, 0.25) is 0 Å². The molecular weight excluding hydrogens is 190 g/mol. The first kappa shape index (κ1) is 8.73. The lowest BCUT2D eigenvalue weighted by Gasteiger charge is -2.10. The monoisotopic (exact) mass is 203 g/mol. The summed E-state index contributed by atoms with van der Waals surface area (Å²) in [6.07, 6.45) is 5.82. The first-order chi connectivity index (χ1) is 7.27. The molecule has 0 aliphatic heterocycles. The van der Waals surface area contributed by atoms with Gasteiger partial charge in [-0.15, -0.1) is 0 Å². The molecule has 1 fully saturated rings. The molecular formula is C11H13N3O. The molecule has 0 saturated heterocycles. The number of imidazole rings is 1. The summed E-state index contributed by atoms with van der Waals surface area (Å²) in [6.45, 7) is 0.627. The fourth-order valence-corrected chi connectivity index (χ4v) is 2.07. The molecule has 3 N–H and O–H groups in total. The molecule has 4 heteroatoms. The van der Waals surface area contributed by atoms with Gasteiger partial charge in [0.25, 0.3) is 0 Å². The summed E-state index contributed by atoms with van der Waals surface area (Å²) in [5, 5.41) is 9.65. The van der Waals surface area contributed by atoms with E-state index in [1.54, 1.807) is 12.3 Å². The fourth-order valence-electron chi connectivity index (χ4n) is 2.07. The number of pyridine rings is 1. The number of rotatable bonds is 2. The summed E-state index contributed by atoms with van der Waals surface area (Å²) in [5.41, 5.74) is 6.59. The zero-order chi connectivity index (χ0) is 10.5. The number of hydrogen-bond acceptors (Lipinski definition) is 3. The summed E-state index contributed by atoms with van der Waals surface area (Å²) in [4.78, 5) is 4.38. The van der Waals surface area contributed by atoms with Crippen molar-refractivity contribution in [3.8, 4) is 5.75 Å². The van der Waals surface area contributed by atoms with Gasteiger partial charge in [0.1, 0.15) is 17.1 Å². The van der Waals surface area contributed by atoms with Crippen LogP contribution in [0.25, 0.3) is 5.52 Å². The van der Waals surface area contributed by atoms with E-state index in [2.05, 4.69) is 4.98 Å². The van der Waals surface area contributed by atoms with Gasteiger partial charge in [-0.25, -0.2) is 4.98 Å². The number of hydrogen-bond donors (Lipinski definition) is 2. The van der Waals surface area contributed by atoms with Crippen LogP contribution in [0, 0.1) is 0 Å². The van der Waals surface area contributed by atoms with E-state index in [1.807, 2.05) is 16.7 Å². The van der Waals surface area contributed by atoms with Gasteiger partial charge in [0.05, 0.1) is 6.20 Å². The van der Waals surface area contributed by atoms with Gasteiger partial charge in [-0.05, 0) is 25.0 Å². The number of nitrogens with zero attached hydrogens (tertiary/aromatic N) is 2. The van der Waals surface area contributed by atoms with Crippen molar-refractivity contribution < 1.29 is 5.11 Å². The molecule has 0 spiro atoms. The molecule has 15 heavy (non-hydrogen) atoms. The predicted octanol–water partition coefficient (Wildman–Crippen LogP) is 1.03. The lowest BCUT2D eigenvalue weighted by molar-refractivity contribution is 0.478. The summed E-state index contributed by atoms with van der Waals surface area (Å²) in [5.74, 6) is 1.25. The van der Waals surface area contributed by atoms with E-state index in [-0.39, 0.29) is 11.2 Å². The number of aromatic nitrogens is 2. The van der Waals surface area contributed by atoms with Gasteiger partial charge in [0.15, 0.2) is 0 Å². The fraction of sp³-hybridized carbons (Fsp3) is 0.364. The predicted molar refractivity (Wildman–Crippen MR) is 56.8 cm³/mol. The highest BCUT2D eigenvalue weighted by atomic mass is 16.3. The van der Waals surface area contributed by atoms with Crippen LogP contribution in [0.2, 0.25) is 0 Å². The Morgan fingerprint density at radius 3 is 3.00 bits per heavy atom. The average molecular weight is 203 g/mol. The van der Waals surface area contributed by atoms with Crippen molar-refractivity contribution >= 4 is 5.52 Å². The highest BCUT2D eigenvalue weighted by Gasteiger charge is 2.46. The Morgan fingerprint density at radius 2 is 2.33 bits per heavy atom. The Kier molecular flexibility index (Phi) is 1.59. The van der Waals surface area contributed by atoms with E-state index in [0.717, 1.165) is 24.2 Å². The molecule has 4 nitrogen and oxygen atoms in total. The van der Waals surface area contributed by atoms with Crippen molar-refractivity contribution in [3.05, 3.63) is 30.4 Å². The van der Waals surface area contributed by atoms with Crippen LogP contribution in [0.5, 0.6) is 5.75 Å². The SMILES string of the molecule is NCC1(c2ncc3c(O)cccn23)CC1. The van der Waals surface area contributed by atoms with Crippen molar-refractivity contribution in [1.29, 1.82) is 0 Å². The van der Waals surface area contributed by atoms with Gasteiger partial charge in [0, 0.05) is 18.2 Å². The van der Waals surface area contributed by atoms with Gasteiger partial charge in [-0.3, -0.25) is 4.40 Å². The van der Waals surface area contributed by atoms with Gasteiger partial charge in [-0.1, -0.05) is 0 Å². The van der Waals surface area contributed by atoms with Crippen molar-refractivity contribution in [2.24, 2.45) is 5.73 Å².